The lowest BCUT2D eigenvalue weighted by Crippen LogP contribution is -2.59. The summed E-state index contributed by atoms with van der Waals surface area (Å²) in [5, 5.41) is 0. The molecule has 16 heavy (non-hydrogen) atoms. The largest absolute Gasteiger partial charge is 0.432 e. The van der Waals surface area contributed by atoms with Gasteiger partial charge in [-0.05, 0) is 32.1 Å². The summed E-state index contributed by atoms with van der Waals surface area (Å²) in [5.41, 5.74) is 0. The van der Waals surface area contributed by atoms with E-state index in [1.165, 1.54) is 13.0 Å². The topological polar surface area (TPSA) is 23.5 Å². The van der Waals surface area contributed by atoms with Crippen molar-refractivity contribution in [2.75, 3.05) is 6.54 Å². The summed E-state index contributed by atoms with van der Waals surface area (Å²) in [5.74, 6) is 0. The van der Waals surface area contributed by atoms with Crippen LogP contribution in [0.5, 0.6) is 0 Å². The molecule has 0 spiro atoms. The molecule has 1 N–H and O–H groups in total. The standard InChI is InChI=1S/C11H31NOSi3/c1-14(2,3)12(15(4,5)6)10-9-11-16(7,8)13/h13H,9-11H2,1-8H3. The molecule has 0 rings (SSSR count). The molecule has 5 heteroatoms. The van der Waals surface area contributed by atoms with Crippen molar-refractivity contribution in [2.24, 2.45) is 0 Å². The smallest absolute Gasteiger partial charge is 0.182 e. The predicted molar refractivity (Wildman–Crippen MR) is 82.5 cm³/mol. The summed E-state index contributed by atoms with van der Waals surface area (Å²) >= 11 is 0. The van der Waals surface area contributed by atoms with E-state index in [1.54, 1.807) is 0 Å². The molecule has 0 atom stereocenters. The van der Waals surface area contributed by atoms with Gasteiger partial charge in [0.05, 0.1) is 0 Å². The fourth-order valence-corrected chi connectivity index (χ4v) is 13.1. The Balaban J connectivity index is 4.38. The molecule has 0 aliphatic heterocycles. The van der Waals surface area contributed by atoms with E-state index in [0.717, 1.165) is 6.04 Å². The molecule has 2 nitrogen and oxygen atoms in total. The monoisotopic (exact) mass is 277 g/mol. The SMILES string of the molecule is C[Si](C)(O)CCCN([Si](C)(C)C)[Si](C)(C)C. The van der Waals surface area contributed by atoms with E-state index in [0.29, 0.717) is 0 Å². The Morgan fingerprint density at radius 2 is 1.19 bits per heavy atom. The Morgan fingerprint density at radius 3 is 1.44 bits per heavy atom. The fourth-order valence-electron chi connectivity index (χ4n) is 2.35. The molecule has 0 radical (unpaired) electrons. The number of nitrogens with zero attached hydrogens (tertiary/aromatic N) is 1. The Bertz CT molecular complexity index is 199. The number of rotatable bonds is 6. The van der Waals surface area contributed by atoms with E-state index in [9.17, 15) is 4.80 Å². The molecule has 0 bridgehead atoms. The van der Waals surface area contributed by atoms with Gasteiger partial charge in [0.15, 0.2) is 8.32 Å². The van der Waals surface area contributed by atoms with Crippen LogP contribution in [0.25, 0.3) is 0 Å². The first-order valence-corrected chi connectivity index (χ1v) is 16.4. The summed E-state index contributed by atoms with van der Waals surface area (Å²) in [7, 11) is -4.22. The van der Waals surface area contributed by atoms with Crippen LogP contribution in [0.1, 0.15) is 6.42 Å². The average molecular weight is 278 g/mol. The highest BCUT2D eigenvalue weighted by atomic mass is 28.4. The van der Waals surface area contributed by atoms with Gasteiger partial charge in [-0.1, -0.05) is 39.3 Å². The fraction of sp³-hybridized carbons (Fsp3) is 1.00. The summed E-state index contributed by atoms with van der Waals surface area (Å²) in [6, 6.07) is 1.04. The molecule has 0 heterocycles. The number of hydrogen-bond acceptors (Lipinski definition) is 2. The van der Waals surface area contributed by atoms with Crippen LogP contribution < -0.4 is 0 Å². The molecule has 0 saturated heterocycles. The molecule has 0 aliphatic carbocycles. The lowest BCUT2D eigenvalue weighted by atomic mass is 10.5. The van der Waals surface area contributed by atoms with Crippen molar-refractivity contribution in [1.29, 1.82) is 0 Å². The van der Waals surface area contributed by atoms with Crippen LogP contribution in [0.2, 0.25) is 58.4 Å². The van der Waals surface area contributed by atoms with Crippen molar-refractivity contribution in [3.05, 3.63) is 0 Å². The third kappa shape index (κ3) is 7.01. The molecule has 0 unspecified atom stereocenters. The van der Waals surface area contributed by atoms with Gasteiger partial charge in [0.2, 0.25) is 0 Å². The highest BCUT2D eigenvalue weighted by Gasteiger charge is 2.34. The van der Waals surface area contributed by atoms with Gasteiger partial charge >= 0.3 is 0 Å². The minimum Gasteiger partial charge on any atom is -0.432 e. The highest BCUT2D eigenvalue weighted by Crippen LogP contribution is 2.21. The van der Waals surface area contributed by atoms with Crippen LogP contribution in [0, 0.1) is 0 Å². The zero-order valence-electron chi connectivity index (χ0n) is 12.5. The van der Waals surface area contributed by atoms with Gasteiger partial charge in [-0.3, -0.25) is 0 Å². The van der Waals surface area contributed by atoms with Gasteiger partial charge in [0.1, 0.15) is 16.5 Å². The second-order valence-electron chi connectivity index (χ2n) is 7.41. The molecule has 0 aromatic rings. The van der Waals surface area contributed by atoms with E-state index in [4.69, 9.17) is 0 Å². The molecule has 0 saturated carbocycles. The zero-order chi connectivity index (χ0) is 13.2. The summed E-state index contributed by atoms with van der Waals surface area (Å²) in [6.07, 6.45) is 1.17. The second-order valence-corrected chi connectivity index (χ2v) is 21.7. The third-order valence-corrected chi connectivity index (χ3v) is 12.1. The lowest BCUT2D eigenvalue weighted by Gasteiger charge is -2.43. The van der Waals surface area contributed by atoms with Gasteiger partial charge in [-0.25, -0.2) is 0 Å². The minimum atomic E-state index is -1.84. The van der Waals surface area contributed by atoms with Gasteiger partial charge in [0.25, 0.3) is 0 Å². The maximum absolute atomic E-state index is 9.88. The summed E-state index contributed by atoms with van der Waals surface area (Å²) < 4.78 is 2.81. The van der Waals surface area contributed by atoms with Gasteiger partial charge in [-0.15, -0.1) is 0 Å². The van der Waals surface area contributed by atoms with Crippen molar-refractivity contribution >= 4 is 24.8 Å². The van der Waals surface area contributed by atoms with Crippen LogP contribution in [0.3, 0.4) is 0 Å². The summed E-state index contributed by atoms with van der Waals surface area (Å²) in [4.78, 5) is 9.88. The minimum absolute atomic E-state index is 1.04. The van der Waals surface area contributed by atoms with Crippen molar-refractivity contribution < 1.29 is 4.80 Å². The van der Waals surface area contributed by atoms with E-state index >= 15 is 0 Å². The molecule has 0 aliphatic rings. The van der Waals surface area contributed by atoms with Crippen LogP contribution in [0.4, 0.5) is 0 Å². The second kappa shape index (κ2) is 5.48. The third-order valence-electron chi connectivity index (χ3n) is 2.79. The van der Waals surface area contributed by atoms with E-state index in [1.807, 2.05) is 13.1 Å². The van der Waals surface area contributed by atoms with E-state index in [2.05, 4.69) is 43.5 Å². The van der Waals surface area contributed by atoms with Crippen molar-refractivity contribution in [1.82, 2.24) is 4.23 Å². The molecule has 0 aromatic carbocycles. The molecule has 0 fully saturated rings. The predicted octanol–water partition coefficient (Wildman–Crippen LogP) is 3.55. The first kappa shape index (κ1) is 16.6. The Labute approximate surface area is 105 Å². The van der Waals surface area contributed by atoms with Crippen LogP contribution >= 0.6 is 0 Å². The first-order valence-electron chi connectivity index (χ1n) is 6.34. The molecule has 0 aromatic heterocycles. The average Bonchev–Trinajstić information content (AvgIpc) is 1.90. The van der Waals surface area contributed by atoms with Crippen LogP contribution in [-0.2, 0) is 0 Å². The quantitative estimate of drug-likeness (QED) is 0.751. The van der Waals surface area contributed by atoms with Gasteiger partial charge in [0, 0.05) is 0 Å². The maximum Gasteiger partial charge on any atom is 0.182 e. The van der Waals surface area contributed by atoms with E-state index in [-0.39, 0.29) is 0 Å². The van der Waals surface area contributed by atoms with Crippen molar-refractivity contribution in [2.45, 2.75) is 64.8 Å². The zero-order valence-corrected chi connectivity index (χ0v) is 15.5. The summed E-state index contributed by atoms with van der Waals surface area (Å²) in [6.45, 7) is 19.9. The number of hydrogen-bond donors (Lipinski definition) is 1. The molecule has 0 amide bonds. The molecular weight excluding hydrogens is 246 g/mol. The normalized spacial score (nSPS) is 14.6. The highest BCUT2D eigenvalue weighted by molar-refractivity contribution is 6.89. The molecule has 98 valence electrons. The van der Waals surface area contributed by atoms with Crippen molar-refractivity contribution in [3.63, 3.8) is 0 Å². The van der Waals surface area contributed by atoms with Gasteiger partial charge in [-0.2, -0.15) is 0 Å². The Kier molecular flexibility index (Phi) is 5.67. The van der Waals surface area contributed by atoms with Crippen molar-refractivity contribution in [3.8, 4) is 0 Å². The molecular formula is C11H31NOSi3. The van der Waals surface area contributed by atoms with Crippen LogP contribution in [0.15, 0.2) is 0 Å². The Hall–Kier alpha value is 0.571. The van der Waals surface area contributed by atoms with Gasteiger partial charge < -0.3 is 9.03 Å². The maximum atomic E-state index is 9.88. The van der Waals surface area contributed by atoms with E-state index < -0.39 is 24.8 Å². The Morgan fingerprint density at radius 1 is 0.812 bits per heavy atom. The van der Waals surface area contributed by atoms with Crippen LogP contribution in [-0.4, -0.2) is 40.4 Å². The first-order chi connectivity index (χ1) is 6.84. The lowest BCUT2D eigenvalue weighted by molar-refractivity contribution is 0.529.